The quantitative estimate of drug-likeness (QED) is 0.860. The Hall–Kier alpha value is -0.390. The van der Waals surface area contributed by atoms with Gasteiger partial charge in [-0.15, -0.1) is 11.3 Å². The molecular weight excluding hydrogens is 288 g/mol. The van der Waals surface area contributed by atoms with Gasteiger partial charge in [-0.3, -0.25) is 4.79 Å². The number of fused-ring (bicyclic) bond motifs is 1. The van der Waals surface area contributed by atoms with E-state index in [1.54, 1.807) is 0 Å². The van der Waals surface area contributed by atoms with E-state index in [1.165, 1.54) is 11.3 Å². The fourth-order valence-electron chi connectivity index (χ4n) is 2.67. The van der Waals surface area contributed by atoms with Crippen LogP contribution in [0, 0.1) is 5.92 Å². The predicted octanol–water partition coefficient (Wildman–Crippen LogP) is 1.94. The van der Waals surface area contributed by atoms with Crippen LogP contribution in [0.2, 0.25) is 0 Å². The first-order valence-electron chi connectivity index (χ1n) is 5.53. The maximum Gasteiger partial charge on any atom is 0.264 e. The average molecular weight is 301 g/mol. The molecule has 0 saturated carbocycles. The molecule has 1 aromatic heterocycles. The number of thiophene rings is 1. The van der Waals surface area contributed by atoms with Crippen molar-refractivity contribution in [1.82, 2.24) is 10.2 Å². The maximum atomic E-state index is 12.3. The summed E-state index contributed by atoms with van der Waals surface area (Å²) in [6.45, 7) is 2.96. The van der Waals surface area contributed by atoms with Crippen LogP contribution < -0.4 is 5.32 Å². The maximum absolute atomic E-state index is 12.3. The molecule has 2 saturated heterocycles. The molecule has 16 heavy (non-hydrogen) atoms. The Labute approximate surface area is 107 Å². The van der Waals surface area contributed by atoms with Crippen molar-refractivity contribution < 1.29 is 4.79 Å². The Morgan fingerprint density at radius 2 is 2.38 bits per heavy atom. The highest BCUT2D eigenvalue weighted by atomic mass is 79.9. The van der Waals surface area contributed by atoms with Crippen LogP contribution >= 0.6 is 27.3 Å². The van der Waals surface area contributed by atoms with Crippen molar-refractivity contribution in [1.29, 1.82) is 0 Å². The predicted molar refractivity (Wildman–Crippen MR) is 67.8 cm³/mol. The van der Waals surface area contributed by atoms with Crippen LogP contribution in [0.5, 0.6) is 0 Å². The Kier molecular flexibility index (Phi) is 2.77. The van der Waals surface area contributed by atoms with Gasteiger partial charge in [0.15, 0.2) is 0 Å². The molecule has 0 spiro atoms. The molecule has 86 valence electrons. The van der Waals surface area contributed by atoms with Gasteiger partial charge in [0.25, 0.3) is 5.91 Å². The fraction of sp³-hybridized carbons (Fsp3) is 0.545. The van der Waals surface area contributed by atoms with Gasteiger partial charge in [0.2, 0.25) is 0 Å². The number of carbonyl (C=O) groups excluding carboxylic acids is 1. The van der Waals surface area contributed by atoms with E-state index in [0.29, 0.717) is 12.0 Å². The highest BCUT2D eigenvalue weighted by Crippen LogP contribution is 2.30. The Balaban J connectivity index is 1.80. The second-order valence-electron chi connectivity index (χ2n) is 4.38. The van der Waals surface area contributed by atoms with Crippen molar-refractivity contribution in [3.8, 4) is 0 Å². The molecule has 3 nitrogen and oxygen atoms in total. The summed E-state index contributed by atoms with van der Waals surface area (Å²) in [5.74, 6) is 0.874. The Bertz CT molecular complexity index is 420. The van der Waals surface area contributed by atoms with Crippen molar-refractivity contribution in [2.24, 2.45) is 5.92 Å². The summed E-state index contributed by atoms with van der Waals surface area (Å²) in [6.07, 6.45) is 1.15. The first-order valence-corrected chi connectivity index (χ1v) is 7.13. The molecule has 3 heterocycles. The number of carbonyl (C=O) groups is 1. The molecule has 1 aromatic rings. The number of nitrogens with zero attached hydrogens (tertiary/aromatic N) is 1. The third-order valence-corrected chi connectivity index (χ3v) is 5.10. The van der Waals surface area contributed by atoms with Gasteiger partial charge in [0.05, 0.1) is 8.66 Å². The molecule has 2 aliphatic rings. The summed E-state index contributed by atoms with van der Waals surface area (Å²) in [7, 11) is 0. The van der Waals surface area contributed by atoms with Crippen molar-refractivity contribution in [2.75, 3.05) is 19.6 Å². The number of hydrogen-bond acceptors (Lipinski definition) is 3. The van der Waals surface area contributed by atoms with Crippen LogP contribution in [0.3, 0.4) is 0 Å². The number of halogens is 1. The van der Waals surface area contributed by atoms with Crippen molar-refractivity contribution >= 4 is 33.2 Å². The van der Waals surface area contributed by atoms with Gasteiger partial charge in [-0.25, -0.2) is 0 Å². The minimum absolute atomic E-state index is 0.201. The van der Waals surface area contributed by atoms with Gasteiger partial charge >= 0.3 is 0 Å². The number of nitrogens with one attached hydrogen (secondary N) is 1. The second kappa shape index (κ2) is 4.13. The topological polar surface area (TPSA) is 32.3 Å². The van der Waals surface area contributed by atoms with Crippen molar-refractivity contribution in [3.05, 3.63) is 20.8 Å². The van der Waals surface area contributed by atoms with Gasteiger partial charge in [0.1, 0.15) is 0 Å². The molecule has 2 atom stereocenters. The lowest BCUT2D eigenvalue weighted by molar-refractivity contribution is 0.0742. The monoisotopic (exact) mass is 300 g/mol. The zero-order chi connectivity index (χ0) is 11.1. The summed E-state index contributed by atoms with van der Waals surface area (Å²) in [5.41, 5.74) is 0. The molecule has 0 unspecified atom stereocenters. The molecule has 0 aliphatic carbocycles. The van der Waals surface area contributed by atoms with E-state index in [2.05, 4.69) is 21.2 Å². The van der Waals surface area contributed by atoms with E-state index in [-0.39, 0.29) is 5.91 Å². The van der Waals surface area contributed by atoms with Crippen LogP contribution in [0.25, 0.3) is 0 Å². The zero-order valence-corrected chi connectivity index (χ0v) is 11.2. The molecular formula is C11H13BrN2OS. The van der Waals surface area contributed by atoms with Gasteiger partial charge in [-0.05, 0) is 40.4 Å². The minimum atomic E-state index is 0.201. The van der Waals surface area contributed by atoms with Crippen molar-refractivity contribution in [3.63, 3.8) is 0 Å². The lowest BCUT2D eigenvalue weighted by Gasteiger charge is -2.22. The van der Waals surface area contributed by atoms with Gasteiger partial charge in [0, 0.05) is 25.7 Å². The van der Waals surface area contributed by atoms with Crippen LogP contribution in [-0.4, -0.2) is 36.5 Å². The SMILES string of the molecule is O=C(c1ccc(Br)s1)N1CC[C@H]2CNC[C@H]21. The lowest BCUT2D eigenvalue weighted by Crippen LogP contribution is -2.38. The average Bonchev–Trinajstić information content (AvgIpc) is 2.90. The van der Waals surface area contributed by atoms with E-state index in [0.717, 1.165) is 34.7 Å². The Morgan fingerprint density at radius 3 is 3.12 bits per heavy atom. The molecule has 0 aromatic carbocycles. The Morgan fingerprint density at radius 1 is 1.50 bits per heavy atom. The van der Waals surface area contributed by atoms with Crippen molar-refractivity contribution in [2.45, 2.75) is 12.5 Å². The fourth-order valence-corrected chi connectivity index (χ4v) is 4.01. The van der Waals surface area contributed by atoms with E-state index in [4.69, 9.17) is 0 Å². The number of rotatable bonds is 1. The normalized spacial score (nSPS) is 28.4. The van der Waals surface area contributed by atoms with E-state index < -0.39 is 0 Å². The van der Waals surface area contributed by atoms with Gasteiger partial charge in [-0.2, -0.15) is 0 Å². The highest BCUT2D eigenvalue weighted by molar-refractivity contribution is 9.11. The molecule has 2 fully saturated rings. The summed E-state index contributed by atoms with van der Waals surface area (Å²) < 4.78 is 1.02. The molecule has 3 rings (SSSR count). The van der Waals surface area contributed by atoms with Crippen LogP contribution in [0.4, 0.5) is 0 Å². The number of likely N-dealkylation sites (tertiary alicyclic amines) is 1. The smallest absolute Gasteiger partial charge is 0.264 e. The van der Waals surface area contributed by atoms with Gasteiger partial charge < -0.3 is 10.2 Å². The number of amides is 1. The molecule has 0 bridgehead atoms. The third kappa shape index (κ3) is 1.71. The van der Waals surface area contributed by atoms with Gasteiger partial charge in [-0.1, -0.05) is 0 Å². The molecule has 2 aliphatic heterocycles. The molecule has 1 amide bonds. The summed E-state index contributed by atoms with van der Waals surface area (Å²) in [4.78, 5) is 15.2. The summed E-state index contributed by atoms with van der Waals surface area (Å²) in [5, 5.41) is 3.37. The van der Waals surface area contributed by atoms with E-state index in [9.17, 15) is 4.79 Å². The van der Waals surface area contributed by atoms with Crippen LogP contribution in [-0.2, 0) is 0 Å². The molecule has 0 radical (unpaired) electrons. The second-order valence-corrected chi connectivity index (χ2v) is 6.84. The van der Waals surface area contributed by atoms with E-state index in [1.807, 2.05) is 17.0 Å². The zero-order valence-electron chi connectivity index (χ0n) is 8.78. The largest absolute Gasteiger partial charge is 0.333 e. The first-order chi connectivity index (χ1) is 7.75. The first kappa shape index (κ1) is 10.7. The minimum Gasteiger partial charge on any atom is -0.333 e. The van der Waals surface area contributed by atoms with Crippen LogP contribution in [0.15, 0.2) is 15.9 Å². The third-order valence-electron chi connectivity index (χ3n) is 3.49. The standard InChI is InChI=1S/C11H13BrN2OS/c12-10-2-1-9(16-10)11(15)14-4-3-7-5-13-6-8(7)14/h1-2,7-8,13H,3-6H2/t7-,8+/m0/s1. The molecule has 1 N–H and O–H groups in total. The molecule has 5 heteroatoms. The number of hydrogen-bond donors (Lipinski definition) is 1. The lowest BCUT2D eigenvalue weighted by atomic mass is 10.1. The summed E-state index contributed by atoms with van der Waals surface area (Å²) in [6, 6.07) is 4.28. The van der Waals surface area contributed by atoms with Crippen LogP contribution in [0.1, 0.15) is 16.1 Å². The highest BCUT2D eigenvalue weighted by Gasteiger charge is 2.40. The summed E-state index contributed by atoms with van der Waals surface area (Å²) >= 11 is 4.92. The van der Waals surface area contributed by atoms with E-state index >= 15 is 0 Å².